The Balaban J connectivity index is 1.87. The SMILES string of the molecule is COc1ccc(CN(Cc2nc(C(=O)NC(C)C)co2)C(C)c2ccccc2)c(OC)c1. The smallest absolute Gasteiger partial charge is 0.273 e. The van der Waals surface area contributed by atoms with Crippen molar-refractivity contribution in [2.75, 3.05) is 14.2 Å². The molecule has 0 saturated carbocycles. The van der Waals surface area contributed by atoms with Gasteiger partial charge in [-0.15, -0.1) is 0 Å². The van der Waals surface area contributed by atoms with Crippen molar-refractivity contribution in [1.82, 2.24) is 15.2 Å². The third-order valence-corrected chi connectivity index (χ3v) is 5.24. The van der Waals surface area contributed by atoms with Crippen LogP contribution in [0, 0.1) is 0 Å². The molecule has 1 amide bonds. The number of nitrogens with zero attached hydrogens (tertiary/aromatic N) is 2. The lowest BCUT2D eigenvalue weighted by Crippen LogP contribution is -2.30. The number of nitrogens with one attached hydrogen (secondary N) is 1. The van der Waals surface area contributed by atoms with Gasteiger partial charge in [-0.05, 0) is 32.4 Å². The minimum atomic E-state index is -0.241. The molecule has 0 aliphatic rings. The number of oxazole rings is 1. The Hall–Kier alpha value is -3.32. The fraction of sp³-hybridized carbons (Fsp3) is 0.360. The van der Waals surface area contributed by atoms with Gasteiger partial charge >= 0.3 is 0 Å². The topological polar surface area (TPSA) is 76.8 Å². The van der Waals surface area contributed by atoms with Crippen LogP contribution in [0.4, 0.5) is 0 Å². The Morgan fingerprint density at radius 1 is 1.06 bits per heavy atom. The lowest BCUT2D eigenvalue weighted by atomic mass is 10.1. The van der Waals surface area contributed by atoms with Crippen LogP contribution < -0.4 is 14.8 Å². The zero-order chi connectivity index (χ0) is 23.1. The Bertz CT molecular complexity index is 1020. The maximum absolute atomic E-state index is 12.3. The van der Waals surface area contributed by atoms with Crippen LogP contribution in [0.1, 0.15) is 54.3 Å². The molecule has 0 saturated heterocycles. The van der Waals surface area contributed by atoms with Crippen molar-refractivity contribution in [1.29, 1.82) is 0 Å². The molecule has 2 aromatic carbocycles. The number of hydrogen-bond acceptors (Lipinski definition) is 6. The summed E-state index contributed by atoms with van der Waals surface area (Å²) in [6.45, 7) is 6.98. The van der Waals surface area contributed by atoms with Crippen LogP contribution in [0.25, 0.3) is 0 Å². The van der Waals surface area contributed by atoms with Gasteiger partial charge in [0.15, 0.2) is 5.69 Å². The second-order valence-electron chi connectivity index (χ2n) is 7.92. The van der Waals surface area contributed by atoms with Gasteiger partial charge < -0.3 is 19.2 Å². The molecule has 7 nitrogen and oxygen atoms in total. The van der Waals surface area contributed by atoms with Crippen molar-refractivity contribution in [3.63, 3.8) is 0 Å². The van der Waals surface area contributed by atoms with Crippen LogP contribution in [0.5, 0.6) is 11.5 Å². The average molecular weight is 438 g/mol. The van der Waals surface area contributed by atoms with E-state index >= 15 is 0 Å². The molecule has 0 aliphatic heterocycles. The molecule has 1 aromatic heterocycles. The van der Waals surface area contributed by atoms with Crippen LogP contribution in [-0.2, 0) is 13.1 Å². The van der Waals surface area contributed by atoms with Gasteiger partial charge in [0.1, 0.15) is 17.8 Å². The zero-order valence-electron chi connectivity index (χ0n) is 19.3. The largest absolute Gasteiger partial charge is 0.497 e. The zero-order valence-corrected chi connectivity index (χ0v) is 19.3. The van der Waals surface area contributed by atoms with Crippen molar-refractivity contribution < 1.29 is 18.7 Å². The van der Waals surface area contributed by atoms with Gasteiger partial charge in [0.05, 0.1) is 20.8 Å². The molecule has 0 aliphatic carbocycles. The average Bonchev–Trinajstić information content (AvgIpc) is 3.27. The third kappa shape index (κ3) is 5.88. The second kappa shape index (κ2) is 10.8. The van der Waals surface area contributed by atoms with Crippen LogP contribution >= 0.6 is 0 Å². The van der Waals surface area contributed by atoms with E-state index in [1.54, 1.807) is 14.2 Å². The van der Waals surface area contributed by atoms with Crippen molar-refractivity contribution in [3.8, 4) is 11.5 Å². The van der Waals surface area contributed by atoms with E-state index < -0.39 is 0 Å². The fourth-order valence-corrected chi connectivity index (χ4v) is 3.47. The highest BCUT2D eigenvalue weighted by Crippen LogP contribution is 2.30. The number of methoxy groups -OCH3 is 2. The van der Waals surface area contributed by atoms with E-state index in [0.717, 1.165) is 17.1 Å². The Morgan fingerprint density at radius 2 is 1.81 bits per heavy atom. The number of rotatable bonds is 10. The summed E-state index contributed by atoms with van der Waals surface area (Å²) in [6.07, 6.45) is 1.41. The van der Waals surface area contributed by atoms with E-state index in [1.165, 1.54) is 11.8 Å². The number of benzene rings is 2. The third-order valence-electron chi connectivity index (χ3n) is 5.24. The Morgan fingerprint density at radius 3 is 2.47 bits per heavy atom. The maximum Gasteiger partial charge on any atom is 0.273 e. The first-order chi connectivity index (χ1) is 15.4. The molecule has 1 N–H and O–H groups in total. The normalized spacial score (nSPS) is 12.1. The van der Waals surface area contributed by atoms with Crippen molar-refractivity contribution in [3.05, 3.63) is 77.5 Å². The molecule has 7 heteroatoms. The molecule has 1 heterocycles. The molecule has 0 fully saturated rings. The summed E-state index contributed by atoms with van der Waals surface area (Å²) in [5.41, 5.74) is 2.47. The summed E-state index contributed by atoms with van der Waals surface area (Å²) in [7, 11) is 3.28. The second-order valence-corrected chi connectivity index (χ2v) is 7.92. The number of amides is 1. The lowest BCUT2D eigenvalue weighted by Gasteiger charge is -2.29. The lowest BCUT2D eigenvalue weighted by molar-refractivity contribution is 0.0938. The monoisotopic (exact) mass is 437 g/mol. The molecule has 3 aromatic rings. The summed E-state index contributed by atoms with van der Waals surface area (Å²) in [5.74, 6) is 1.73. The molecule has 32 heavy (non-hydrogen) atoms. The molecular weight excluding hydrogens is 406 g/mol. The maximum atomic E-state index is 12.3. The van der Waals surface area contributed by atoms with Gasteiger partial charge in [-0.1, -0.05) is 36.4 Å². The highest BCUT2D eigenvalue weighted by molar-refractivity contribution is 5.92. The minimum absolute atomic E-state index is 0.0276. The van der Waals surface area contributed by atoms with Crippen LogP contribution in [0.3, 0.4) is 0 Å². The first-order valence-electron chi connectivity index (χ1n) is 10.7. The van der Waals surface area contributed by atoms with Gasteiger partial charge in [0.25, 0.3) is 5.91 Å². The summed E-state index contributed by atoms with van der Waals surface area (Å²) in [4.78, 5) is 18.9. The molecule has 1 unspecified atom stereocenters. The molecule has 3 rings (SSSR count). The fourth-order valence-electron chi connectivity index (χ4n) is 3.47. The van der Waals surface area contributed by atoms with Gasteiger partial charge in [0.2, 0.25) is 5.89 Å². The van der Waals surface area contributed by atoms with E-state index in [9.17, 15) is 4.79 Å². The van der Waals surface area contributed by atoms with E-state index in [1.807, 2.05) is 50.2 Å². The van der Waals surface area contributed by atoms with E-state index in [2.05, 4.69) is 34.3 Å². The molecule has 170 valence electrons. The Labute approximate surface area is 189 Å². The van der Waals surface area contributed by atoms with Gasteiger partial charge in [-0.25, -0.2) is 4.98 Å². The van der Waals surface area contributed by atoms with Crippen LogP contribution in [-0.4, -0.2) is 36.1 Å². The summed E-state index contributed by atoms with van der Waals surface area (Å²) < 4.78 is 16.6. The van der Waals surface area contributed by atoms with Crippen LogP contribution in [0.2, 0.25) is 0 Å². The van der Waals surface area contributed by atoms with Crippen molar-refractivity contribution in [2.24, 2.45) is 0 Å². The number of ether oxygens (including phenoxy) is 2. The number of carbonyl (C=O) groups is 1. The minimum Gasteiger partial charge on any atom is -0.497 e. The molecule has 0 bridgehead atoms. The standard InChI is InChI=1S/C25H31N3O4/c1-17(2)26-25(29)22-16-32-24(27-22)15-28(18(3)19-9-7-6-8-10-19)14-20-11-12-21(30-4)13-23(20)31-5/h6-13,16-18H,14-15H2,1-5H3,(H,26,29). The first-order valence-corrected chi connectivity index (χ1v) is 10.7. The van der Waals surface area contributed by atoms with E-state index in [-0.39, 0.29) is 23.7 Å². The highest BCUT2D eigenvalue weighted by Gasteiger charge is 2.22. The van der Waals surface area contributed by atoms with E-state index in [4.69, 9.17) is 13.9 Å². The van der Waals surface area contributed by atoms with Gasteiger partial charge in [-0.3, -0.25) is 9.69 Å². The highest BCUT2D eigenvalue weighted by atomic mass is 16.5. The summed E-state index contributed by atoms with van der Waals surface area (Å²) in [5, 5.41) is 2.84. The molecule has 1 atom stereocenters. The Kier molecular flexibility index (Phi) is 7.89. The predicted molar refractivity (Wildman–Crippen MR) is 123 cm³/mol. The number of hydrogen-bond donors (Lipinski definition) is 1. The predicted octanol–water partition coefficient (Wildman–Crippen LogP) is 4.59. The van der Waals surface area contributed by atoms with Crippen LogP contribution in [0.15, 0.2) is 59.2 Å². The summed E-state index contributed by atoms with van der Waals surface area (Å²) >= 11 is 0. The summed E-state index contributed by atoms with van der Waals surface area (Å²) in [6, 6.07) is 16.1. The number of carbonyl (C=O) groups excluding carboxylic acids is 1. The van der Waals surface area contributed by atoms with E-state index in [0.29, 0.717) is 19.0 Å². The van der Waals surface area contributed by atoms with Gasteiger partial charge in [0, 0.05) is 30.3 Å². The first kappa shape index (κ1) is 23.3. The van der Waals surface area contributed by atoms with Gasteiger partial charge in [-0.2, -0.15) is 0 Å². The molecular formula is C25H31N3O4. The molecule has 0 radical (unpaired) electrons. The number of aromatic nitrogens is 1. The van der Waals surface area contributed by atoms with Crippen molar-refractivity contribution in [2.45, 2.75) is 45.9 Å². The van der Waals surface area contributed by atoms with Crippen molar-refractivity contribution >= 4 is 5.91 Å². The molecule has 0 spiro atoms. The quantitative estimate of drug-likeness (QED) is 0.500.